The Kier molecular flexibility index (Phi) is 6.41. The SMILES string of the molecule is CC(C)OP(=O)(N[C@@H](Cc1c[nH]c2ccccc12)C(=O)O)OC(C)C. The molecule has 0 unspecified atom stereocenters. The highest BCUT2D eigenvalue weighted by Gasteiger charge is 2.34. The number of carbonyl (C=O) groups is 1. The second kappa shape index (κ2) is 8.15. The number of para-hydroxylation sites is 1. The van der Waals surface area contributed by atoms with Gasteiger partial charge in [-0.15, -0.1) is 0 Å². The van der Waals surface area contributed by atoms with E-state index in [-0.39, 0.29) is 18.6 Å². The number of carboxylic acids is 1. The monoisotopic (exact) mass is 368 g/mol. The summed E-state index contributed by atoms with van der Waals surface area (Å²) < 4.78 is 23.7. The number of hydrogen-bond acceptors (Lipinski definition) is 4. The van der Waals surface area contributed by atoms with E-state index in [2.05, 4.69) is 10.1 Å². The van der Waals surface area contributed by atoms with E-state index in [0.717, 1.165) is 16.5 Å². The normalized spacial score (nSPS) is 13.7. The number of aromatic amines is 1. The first-order chi connectivity index (χ1) is 11.7. The third kappa shape index (κ3) is 5.41. The zero-order valence-corrected chi connectivity index (χ0v) is 15.7. The molecule has 0 aliphatic rings. The summed E-state index contributed by atoms with van der Waals surface area (Å²) in [5.74, 6) is -1.12. The van der Waals surface area contributed by atoms with Crippen molar-refractivity contribution < 1.29 is 23.5 Å². The summed E-state index contributed by atoms with van der Waals surface area (Å²) >= 11 is 0. The minimum absolute atomic E-state index is 0.145. The van der Waals surface area contributed by atoms with Crippen LogP contribution in [0.25, 0.3) is 10.9 Å². The van der Waals surface area contributed by atoms with Crippen molar-refractivity contribution in [2.24, 2.45) is 0 Å². The number of carboxylic acid groups (broad SMARTS) is 1. The van der Waals surface area contributed by atoms with E-state index < -0.39 is 19.8 Å². The molecule has 1 atom stereocenters. The molecule has 138 valence electrons. The molecule has 0 amide bonds. The average molecular weight is 368 g/mol. The van der Waals surface area contributed by atoms with Gasteiger partial charge in [-0.2, -0.15) is 0 Å². The van der Waals surface area contributed by atoms with Crippen LogP contribution >= 0.6 is 7.75 Å². The second-order valence-corrected chi connectivity index (χ2v) is 8.06. The van der Waals surface area contributed by atoms with Crippen molar-refractivity contribution in [2.75, 3.05) is 0 Å². The van der Waals surface area contributed by atoms with Gasteiger partial charge in [-0.1, -0.05) is 18.2 Å². The third-order valence-electron chi connectivity index (χ3n) is 3.41. The molecule has 0 aliphatic carbocycles. The summed E-state index contributed by atoms with van der Waals surface area (Å²) in [6.07, 6.45) is 1.16. The fraction of sp³-hybridized carbons (Fsp3) is 0.471. The Balaban J connectivity index is 2.24. The lowest BCUT2D eigenvalue weighted by Crippen LogP contribution is -2.38. The molecule has 1 heterocycles. The maximum absolute atomic E-state index is 12.9. The standard InChI is InChI=1S/C17H25N2O5P/c1-11(2)23-25(22,24-12(3)4)19-16(17(20)21)9-13-10-18-15-8-6-5-7-14(13)15/h5-8,10-12,16,18H,9H2,1-4H3,(H,19,22)(H,20,21)/t16-/m0/s1. The number of aliphatic carboxylic acids is 1. The number of rotatable bonds is 9. The first-order valence-electron chi connectivity index (χ1n) is 8.22. The minimum Gasteiger partial charge on any atom is -0.480 e. The van der Waals surface area contributed by atoms with Crippen molar-refractivity contribution in [1.82, 2.24) is 10.1 Å². The summed E-state index contributed by atoms with van der Waals surface area (Å²) in [4.78, 5) is 14.8. The van der Waals surface area contributed by atoms with Crippen LogP contribution in [0.2, 0.25) is 0 Å². The molecule has 0 fully saturated rings. The van der Waals surface area contributed by atoms with E-state index >= 15 is 0 Å². The van der Waals surface area contributed by atoms with Crippen LogP contribution in [0, 0.1) is 0 Å². The van der Waals surface area contributed by atoms with Crippen LogP contribution in [0.4, 0.5) is 0 Å². The molecule has 0 bridgehead atoms. The number of aromatic nitrogens is 1. The highest BCUT2D eigenvalue weighted by molar-refractivity contribution is 7.51. The topological polar surface area (TPSA) is 101 Å². The Hall–Kier alpha value is -1.66. The lowest BCUT2D eigenvalue weighted by molar-refractivity contribution is -0.139. The van der Waals surface area contributed by atoms with E-state index in [0.29, 0.717) is 0 Å². The molecule has 25 heavy (non-hydrogen) atoms. The van der Waals surface area contributed by atoms with Gasteiger partial charge in [-0.05, 0) is 39.3 Å². The molecule has 7 nitrogen and oxygen atoms in total. The van der Waals surface area contributed by atoms with Gasteiger partial charge in [0.1, 0.15) is 6.04 Å². The molecule has 2 rings (SSSR count). The molecule has 0 spiro atoms. The molecule has 0 saturated carbocycles. The zero-order valence-electron chi connectivity index (χ0n) is 14.9. The van der Waals surface area contributed by atoms with Gasteiger partial charge in [-0.3, -0.25) is 13.8 Å². The number of benzene rings is 1. The molecule has 0 saturated heterocycles. The van der Waals surface area contributed by atoms with Crippen molar-refractivity contribution in [3.8, 4) is 0 Å². The Bertz CT molecular complexity index is 757. The first-order valence-corrected chi connectivity index (χ1v) is 9.77. The molecule has 0 radical (unpaired) electrons. The molecule has 8 heteroatoms. The van der Waals surface area contributed by atoms with Crippen LogP contribution in [0.5, 0.6) is 0 Å². The zero-order chi connectivity index (χ0) is 18.6. The van der Waals surface area contributed by atoms with Crippen LogP contribution in [-0.4, -0.2) is 34.3 Å². The van der Waals surface area contributed by atoms with Gasteiger partial charge >= 0.3 is 13.7 Å². The van der Waals surface area contributed by atoms with Gasteiger partial charge in [0.15, 0.2) is 0 Å². The molecule has 1 aromatic carbocycles. The molecule has 1 aromatic heterocycles. The highest BCUT2D eigenvalue weighted by atomic mass is 31.2. The Morgan fingerprint density at radius 1 is 1.20 bits per heavy atom. The van der Waals surface area contributed by atoms with Gasteiger partial charge < -0.3 is 10.1 Å². The van der Waals surface area contributed by atoms with Gasteiger partial charge in [0.05, 0.1) is 12.2 Å². The second-order valence-electron chi connectivity index (χ2n) is 6.39. The summed E-state index contributed by atoms with van der Waals surface area (Å²) in [6.45, 7) is 6.86. The largest absolute Gasteiger partial charge is 0.480 e. The van der Waals surface area contributed by atoms with E-state index in [1.165, 1.54) is 0 Å². The molecule has 0 aliphatic heterocycles. The molecule has 3 N–H and O–H groups in total. The summed E-state index contributed by atoms with van der Waals surface area (Å²) in [6, 6.07) is 6.50. The Labute approximate surface area is 147 Å². The van der Waals surface area contributed by atoms with E-state index in [1.54, 1.807) is 33.9 Å². The highest BCUT2D eigenvalue weighted by Crippen LogP contribution is 2.47. The summed E-state index contributed by atoms with van der Waals surface area (Å²) in [5.41, 5.74) is 1.73. The Morgan fingerprint density at radius 2 is 1.80 bits per heavy atom. The van der Waals surface area contributed by atoms with Gasteiger partial charge in [-0.25, -0.2) is 9.65 Å². The number of hydrogen-bond donors (Lipinski definition) is 3. The molecular weight excluding hydrogens is 343 g/mol. The number of nitrogens with one attached hydrogen (secondary N) is 2. The predicted octanol–water partition coefficient (Wildman–Crippen LogP) is 3.71. The van der Waals surface area contributed by atoms with Crippen molar-refractivity contribution in [3.63, 3.8) is 0 Å². The average Bonchev–Trinajstić information content (AvgIpc) is 2.88. The fourth-order valence-corrected chi connectivity index (χ4v) is 4.41. The van der Waals surface area contributed by atoms with Crippen LogP contribution in [0.15, 0.2) is 30.5 Å². The molecule has 2 aromatic rings. The van der Waals surface area contributed by atoms with Crippen LogP contribution in [-0.2, 0) is 24.8 Å². The minimum atomic E-state index is -3.76. The maximum atomic E-state index is 12.9. The Morgan fingerprint density at radius 3 is 2.36 bits per heavy atom. The smallest absolute Gasteiger partial charge is 0.406 e. The van der Waals surface area contributed by atoms with Crippen LogP contribution < -0.4 is 5.09 Å². The van der Waals surface area contributed by atoms with Crippen molar-refractivity contribution >= 4 is 24.6 Å². The van der Waals surface area contributed by atoms with Gasteiger partial charge in [0.2, 0.25) is 0 Å². The summed E-state index contributed by atoms with van der Waals surface area (Å²) in [5, 5.41) is 13.1. The van der Waals surface area contributed by atoms with Crippen LogP contribution in [0.1, 0.15) is 33.3 Å². The van der Waals surface area contributed by atoms with Crippen molar-refractivity contribution in [3.05, 3.63) is 36.0 Å². The summed E-state index contributed by atoms with van der Waals surface area (Å²) in [7, 11) is -3.76. The molecular formula is C17H25N2O5P. The quantitative estimate of drug-likeness (QED) is 0.583. The van der Waals surface area contributed by atoms with E-state index in [9.17, 15) is 14.5 Å². The third-order valence-corrected chi connectivity index (χ3v) is 5.44. The number of H-pyrrole nitrogens is 1. The van der Waals surface area contributed by atoms with E-state index in [4.69, 9.17) is 9.05 Å². The lowest BCUT2D eigenvalue weighted by atomic mass is 10.1. The number of fused-ring (bicyclic) bond motifs is 1. The predicted molar refractivity (Wildman–Crippen MR) is 96.6 cm³/mol. The van der Waals surface area contributed by atoms with Crippen molar-refractivity contribution in [2.45, 2.75) is 52.4 Å². The first kappa shape index (κ1) is 19.7. The maximum Gasteiger partial charge on any atom is 0.406 e. The fourth-order valence-electron chi connectivity index (χ4n) is 2.54. The van der Waals surface area contributed by atoms with Crippen molar-refractivity contribution in [1.29, 1.82) is 0 Å². The van der Waals surface area contributed by atoms with Gasteiger partial charge in [0, 0.05) is 23.5 Å². The van der Waals surface area contributed by atoms with Gasteiger partial charge in [0.25, 0.3) is 0 Å². The van der Waals surface area contributed by atoms with E-state index in [1.807, 2.05) is 24.3 Å². The van der Waals surface area contributed by atoms with Crippen LogP contribution in [0.3, 0.4) is 0 Å². The lowest BCUT2D eigenvalue weighted by Gasteiger charge is -2.26.